The van der Waals surface area contributed by atoms with E-state index in [1.54, 1.807) is 13.1 Å². The first-order valence-corrected chi connectivity index (χ1v) is 8.74. The number of aromatic nitrogens is 1. The molecular formula is C15H20N2O4S. The first kappa shape index (κ1) is 16.8. The van der Waals surface area contributed by atoms with E-state index >= 15 is 0 Å². The van der Waals surface area contributed by atoms with Crippen LogP contribution in [0.4, 0.5) is 0 Å². The van der Waals surface area contributed by atoms with Gasteiger partial charge in [-0.1, -0.05) is 18.2 Å². The summed E-state index contributed by atoms with van der Waals surface area (Å²) in [7, 11) is -1.95. The zero-order chi connectivity index (χ0) is 16.2. The maximum Gasteiger partial charge on any atom is 0.156 e. The molecule has 6 nitrogen and oxygen atoms in total. The number of hydrogen-bond donors (Lipinski definition) is 2. The average Bonchev–Trinajstić information content (AvgIpc) is 2.51. The van der Waals surface area contributed by atoms with Crippen molar-refractivity contribution in [2.45, 2.75) is 24.8 Å². The minimum Gasteiger partial charge on any atom is -0.380 e. The van der Waals surface area contributed by atoms with Gasteiger partial charge in [0, 0.05) is 18.7 Å². The third-order valence-corrected chi connectivity index (χ3v) is 5.21. The first-order valence-electron chi connectivity index (χ1n) is 6.91. The van der Waals surface area contributed by atoms with Crippen LogP contribution in [-0.2, 0) is 20.3 Å². The van der Waals surface area contributed by atoms with Crippen molar-refractivity contribution >= 4 is 20.7 Å². The average molecular weight is 324 g/mol. The van der Waals surface area contributed by atoms with Gasteiger partial charge in [0.1, 0.15) is 0 Å². The van der Waals surface area contributed by atoms with Crippen LogP contribution in [0.25, 0.3) is 10.9 Å². The van der Waals surface area contributed by atoms with Gasteiger partial charge in [0.25, 0.3) is 0 Å². The van der Waals surface area contributed by atoms with Gasteiger partial charge < -0.3 is 9.94 Å². The Morgan fingerprint density at radius 2 is 2.09 bits per heavy atom. The van der Waals surface area contributed by atoms with E-state index in [4.69, 9.17) is 9.94 Å². The van der Waals surface area contributed by atoms with Crippen LogP contribution >= 0.6 is 0 Å². The van der Waals surface area contributed by atoms with Gasteiger partial charge in [0.05, 0.1) is 29.2 Å². The Kier molecular flexibility index (Phi) is 5.47. The van der Waals surface area contributed by atoms with Crippen molar-refractivity contribution in [2.75, 3.05) is 12.9 Å². The fourth-order valence-corrected chi connectivity index (χ4v) is 3.90. The summed E-state index contributed by atoms with van der Waals surface area (Å²) >= 11 is 0. The highest BCUT2D eigenvalue weighted by molar-refractivity contribution is 7.90. The zero-order valence-electron chi connectivity index (χ0n) is 12.6. The van der Waals surface area contributed by atoms with Crippen molar-refractivity contribution in [3.63, 3.8) is 0 Å². The molecule has 2 rings (SSSR count). The third kappa shape index (κ3) is 4.23. The number of ether oxygens (including phenoxy) is 1. The second-order valence-corrected chi connectivity index (χ2v) is 7.38. The Morgan fingerprint density at radius 3 is 2.77 bits per heavy atom. The van der Waals surface area contributed by atoms with E-state index in [9.17, 15) is 8.42 Å². The van der Waals surface area contributed by atoms with Crippen molar-refractivity contribution in [2.24, 2.45) is 0 Å². The first-order chi connectivity index (χ1) is 10.4. The van der Waals surface area contributed by atoms with Crippen LogP contribution in [0.5, 0.6) is 0 Å². The highest BCUT2D eigenvalue weighted by Gasteiger charge is 2.24. The highest BCUT2D eigenvalue weighted by Crippen LogP contribution is 2.15. The monoisotopic (exact) mass is 324 g/mol. The van der Waals surface area contributed by atoms with Gasteiger partial charge in [-0.25, -0.2) is 8.42 Å². The molecule has 0 spiro atoms. The van der Waals surface area contributed by atoms with Crippen LogP contribution in [0.2, 0.25) is 0 Å². The van der Waals surface area contributed by atoms with E-state index in [1.807, 2.05) is 35.8 Å². The fraction of sp³-hybridized carbons (Fsp3) is 0.400. The molecule has 2 N–H and O–H groups in total. The number of para-hydroxylation sites is 1. The molecule has 1 heterocycles. The minimum atomic E-state index is -3.41. The van der Waals surface area contributed by atoms with Crippen LogP contribution in [0.3, 0.4) is 0 Å². The Labute approximate surface area is 130 Å². The van der Waals surface area contributed by atoms with E-state index in [-0.39, 0.29) is 11.5 Å². The smallest absolute Gasteiger partial charge is 0.156 e. The summed E-state index contributed by atoms with van der Waals surface area (Å²) < 4.78 is 29.6. The van der Waals surface area contributed by atoms with Gasteiger partial charge in [0.2, 0.25) is 0 Å². The van der Waals surface area contributed by atoms with Gasteiger partial charge >= 0.3 is 0 Å². The summed E-state index contributed by atoms with van der Waals surface area (Å²) in [5.74, 6) is -0.342. The number of fused-ring (bicyclic) bond motifs is 1. The molecule has 120 valence electrons. The summed E-state index contributed by atoms with van der Waals surface area (Å²) in [5, 5.41) is 9.99. The molecule has 0 bridgehead atoms. The second-order valence-electron chi connectivity index (χ2n) is 5.27. The van der Waals surface area contributed by atoms with Gasteiger partial charge in [-0.05, 0) is 24.6 Å². The zero-order valence-corrected chi connectivity index (χ0v) is 13.4. The number of pyridine rings is 1. The van der Waals surface area contributed by atoms with E-state index in [1.165, 1.54) is 7.11 Å². The normalized spacial score (nSPS) is 14.9. The van der Waals surface area contributed by atoms with E-state index in [0.29, 0.717) is 5.56 Å². The summed E-state index contributed by atoms with van der Waals surface area (Å²) in [6, 6.07) is 8.68. The van der Waals surface area contributed by atoms with Gasteiger partial charge in [-0.3, -0.25) is 4.98 Å². The van der Waals surface area contributed by atoms with Crippen LogP contribution in [0.1, 0.15) is 12.5 Å². The van der Waals surface area contributed by atoms with Crippen LogP contribution in [0.15, 0.2) is 36.5 Å². The maximum absolute atomic E-state index is 12.3. The molecular weight excluding hydrogens is 304 g/mol. The fourth-order valence-electron chi connectivity index (χ4n) is 2.22. The van der Waals surface area contributed by atoms with Gasteiger partial charge in [-0.15, -0.1) is 0 Å². The third-order valence-electron chi connectivity index (χ3n) is 3.57. The van der Waals surface area contributed by atoms with Gasteiger partial charge in [0.15, 0.2) is 9.84 Å². The summed E-state index contributed by atoms with van der Waals surface area (Å²) in [4.78, 5) is 4.26. The highest BCUT2D eigenvalue weighted by atomic mass is 32.2. The lowest BCUT2D eigenvalue weighted by atomic mass is 10.2. The lowest BCUT2D eigenvalue weighted by molar-refractivity contribution is 0.0297. The van der Waals surface area contributed by atoms with E-state index in [0.717, 1.165) is 10.9 Å². The molecule has 2 aromatic rings. The van der Waals surface area contributed by atoms with Gasteiger partial charge in [-0.2, -0.15) is 5.48 Å². The number of hydrogen-bond acceptors (Lipinski definition) is 6. The lowest BCUT2D eigenvalue weighted by Crippen LogP contribution is -2.43. The quantitative estimate of drug-likeness (QED) is 0.751. The standard InChI is InChI=1S/C15H20N2O4S/c1-11(21-2)15(17-18)10-22(19,20)9-12-7-13-5-3-4-6-14(13)16-8-12/h3-8,11,15,17-18H,9-10H2,1-2H3/t11-,15-/m1/s1. The van der Waals surface area contributed by atoms with Crippen molar-refractivity contribution in [3.05, 3.63) is 42.1 Å². The number of hydroxylamine groups is 1. The Balaban J connectivity index is 2.16. The molecule has 0 amide bonds. The van der Waals surface area contributed by atoms with Crippen molar-refractivity contribution < 1.29 is 18.4 Å². The minimum absolute atomic E-state index is 0.126. The largest absolute Gasteiger partial charge is 0.380 e. The van der Waals surface area contributed by atoms with Crippen LogP contribution in [0, 0.1) is 0 Å². The molecule has 0 saturated heterocycles. The Bertz CT molecular complexity index is 733. The number of rotatable bonds is 7. The van der Waals surface area contributed by atoms with E-state index in [2.05, 4.69) is 4.98 Å². The molecule has 0 saturated carbocycles. The number of nitrogens with one attached hydrogen (secondary N) is 1. The maximum atomic E-state index is 12.3. The number of methoxy groups -OCH3 is 1. The predicted molar refractivity (Wildman–Crippen MR) is 84.4 cm³/mol. The molecule has 1 aromatic heterocycles. The van der Waals surface area contributed by atoms with E-state index < -0.39 is 22.0 Å². The SMILES string of the molecule is CO[C@H](C)[C@@H](CS(=O)(=O)Cc1cnc2ccccc2c1)NO. The molecule has 0 fully saturated rings. The molecule has 0 aliphatic carbocycles. The molecule has 0 unspecified atom stereocenters. The molecule has 22 heavy (non-hydrogen) atoms. The molecule has 7 heteroatoms. The lowest BCUT2D eigenvalue weighted by Gasteiger charge is -2.21. The molecule has 0 aliphatic heterocycles. The van der Waals surface area contributed by atoms with Crippen molar-refractivity contribution in [1.82, 2.24) is 10.5 Å². The summed E-state index contributed by atoms with van der Waals surface area (Å²) in [5.41, 5.74) is 3.46. The van der Waals surface area contributed by atoms with Crippen molar-refractivity contribution in [3.8, 4) is 0 Å². The van der Waals surface area contributed by atoms with Crippen LogP contribution < -0.4 is 5.48 Å². The molecule has 0 radical (unpaired) electrons. The molecule has 0 aliphatic rings. The van der Waals surface area contributed by atoms with Crippen molar-refractivity contribution in [1.29, 1.82) is 0 Å². The Morgan fingerprint density at radius 1 is 1.36 bits per heavy atom. The molecule has 1 aromatic carbocycles. The summed E-state index contributed by atoms with van der Waals surface area (Å²) in [6.45, 7) is 1.70. The number of benzene rings is 1. The number of sulfone groups is 1. The Hall–Kier alpha value is -1.54. The molecule has 2 atom stereocenters. The topological polar surface area (TPSA) is 88.5 Å². The van der Waals surface area contributed by atoms with Crippen LogP contribution in [-0.4, -0.2) is 43.6 Å². The predicted octanol–water partition coefficient (Wildman–Crippen LogP) is 1.53. The summed E-state index contributed by atoms with van der Waals surface area (Å²) in [6.07, 6.45) is 1.15. The number of nitrogens with zero attached hydrogens (tertiary/aromatic N) is 1. The second kappa shape index (κ2) is 7.15.